The highest BCUT2D eigenvalue weighted by atomic mass is 32.2. The number of benzene rings is 5. The van der Waals surface area contributed by atoms with E-state index >= 15 is 0 Å². The van der Waals surface area contributed by atoms with Crippen molar-refractivity contribution < 1.29 is 4.42 Å². The van der Waals surface area contributed by atoms with E-state index in [0.717, 1.165) is 21.7 Å². The predicted molar refractivity (Wildman–Crippen MR) is 150 cm³/mol. The Morgan fingerprint density at radius 3 is 2.14 bits per heavy atom. The first-order valence-corrected chi connectivity index (χ1v) is 12.9. The lowest BCUT2D eigenvalue weighted by atomic mass is 9.92. The molecule has 7 rings (SSSR count). The molecule has 5 aromatic carbocycles. The highest BCUT2D eigenvalue weighted by Gasteiger charge is 2.27. The number of para-hydroxylation sites is 2. The van der Waals surface area contributed by atoms with Crippen LogP contribution < -0.4 is 5.63 Å². The molecular formula is C32H21NO2S. The van der Waals surface area contributed by atoms with Crippen molar-refractivity contribution in [2.45, 2.75) is 16.6 Å². The van der Waals surface area contributed by atoms with E-state index in [2.05, 4.69) is 66.7 Å². The molecule has 0 spiro atoms. The zero-order valence-corrected chi connectivity index (χ0v) is 20.2. The molecule has 4 heteroatoms. The van der Waals surface area contributed by atoms with Gasteiger partial charge in [0.1, 0.15) is 5.58 Å². The van der Waals surface area contributed by atoms with E-state index in [1.165, 1.54) is 27.1 Å². The minimum absolute atomic E-state index is 0.0641. The van der Waals surface area contributed by atoms with Crippen molar-refractivity contribution in [3.8, 4) is 0 Å². The summed E-state index contributed by atoms with van der Waals surface area (Å²) in [6.07, 6.45) is 0.612. The second-order valence-corrected chi connectivity index (χ2v) is 10.3. The minimum atomic E-state index is -0.349. The van der Waals surface area contributed by atoms with E-state index in [0.29, 0.717) is 17.6 Å². The molecule has 1 aliphatic heterocycles. The third kappa shape index (κ3) is 3.53. The standard InChI is InChI=1S/C32H21NO2S/c34-32-25(18-22-11-3-7-15-28(22)35-32)27-19-30(36-29-16-8-6-14-26(29)33-27)31-23-12-4-1-9-20(23)17-21-10-2-5-13-24(21)31/h1-18,30H,19H2. The summed E-state index contributed by atoms with van der Waals surface area (Å²) >= 11 is 1.82. The molecule has 0 aliphatic carbocycles. The summed E-state index contributed by atoms with van der Waals surface area (Å²) in [7, 11) is 0. The van der Waals surface area contributed by atoms with Crippen molar-refractivity contribution in [1.82, 2.24) is 0 Å². The average Bonchev–Trinajstić information content (AvgIpc) is 3.11. The van der Waals surface area contributed by atoms with Crippen LogP contribution in [-0.4, -0.2) is 5.71 Å². The Morgan fingerprint density at radius 2 is 1.36 bits per heavy atom. The topological polar surface area (TPSA) is 42.6 Å². The second kappa shape index (κ2) is 8.51. The van der Waals surface area contributed by atoms with Gasteiger partial charge in [-0.05, 0) is 57.4 Å². The summed E-state index contributed by atoms with van der Waals surface area (Å²) in [5, 5.41) is 5.86. The zero-order valence-electron chi connectivity index (χ0n) is 19.3. The highest BCUT2D eigenvalue weighted by Crippen LogP contribution is 2.49. The normalized spacial score (nSPS) is 15.6. The summed E-state index contributed by atoms with van der Waals surface area (Å²) in [6, 6.07) is 37.1. The molecule has 1 aliphatic rings. The predicted octanol–water partition coefficient (Wildman–Crippen LogP) is 8.46. The van der Waals surface area contributed by atoms with Crippen LogP contribution in [0.5, 0.6) is 0 Å². The maximum atomic E-state index is 13.2. The Labute approximate surface area is 212 Å². The van der Waals surface area contributed by atoms with Crippen molar-refractivity contribution in [2.24, 2.45) is 4.99 Å². The van der Waals surface area contributed by atoms with Gasteiger partial charge in [-0.3, -0.25) is 4.99 Å². The first-order chi connectivity index (χ1) is 17.7. The molecule has 1 aromatic heterocycles. The van der Waals surface area contributed by atoms with Gasteiger partial charge >= 0.3 is 5.63 Å². The van der Waals surface area contributed by atoms with Crippen LogP contribution in [0.3, 0.4) is 0 Å². The Balaban J connectivity index is 1.49. The van der Waals surface area contributed by atoms with Crippen molar-refractivity contribution in [2.75, 3.05) is 0 Å². The van der Waals surface area contributed by atoms with Crippen LogP contribution in [0.4, 0.5) is 5.69 Å². The van der Waals surface area contributed by atoms with Gasteiger partial charge in [0, 0.05) is 22.0 Å². The fraction of sp³-hybridized carbons (Fsp3) is 0.0625. The van der Waals surface area contributed by atoms with Crippen molar-refractivity contribution >= 4 is 55.7 Å². The van der Waals surface area contributed by atoms with Gasteiger partial charge in [0.2, 0.25) is 0 Å². The maximum absolute atomic E-state index is 13.2. The first kappa shape index (κ1) is 21.2. The van der Waals surface area contributed by atoms with Crippen molar-refractivity contribution in [3.63, 3.8) is 0 Å². The van der Waals surface area contributed by atoms with Gasteiger partial charge in [-0.15, -0.1) is 11.8 Å². The van der Waals surface area contributed by atoms with Crippen LogP contribution in [0, 0.1) is 0 Å². The quantitative estimate of drug-likeness (QED) is 0.183. The molecule has 1 atom stereocenters. The van der Waals surface area contributed by atoms with Gasteiger partial charge in [-0.1, -0.05) is 78.9 Å². The van der Waals surface area contributed by atoms with E-state index in [4.69, 9.17) is 9.41 Å². The average molecular weight is 484 g/mol. The molecule has 1 unspecified atom stereocenters. The Kier molecular flexibility index (Phi) is 5.00. The molecule has 0 saturated carbocycles. The third-order valence-electron chi connectivity index (χ3n) is 6.86. The van der Waals surface area contributed by atoms with E-state index in [9.17, 15) is 4.79 Å². The molecule has 3 nitrogen and oxygen atoms in total. The lowest BCUT2D eigenvalue weighted by Crippen LogP contribution is -2.16. The van der Waals surface area contributed by atoms with E-state index in [-0.39, 0.29) is 10.9 Å². The summed E-state index contributed by atoms with van der Waals surface area (Å²) in [4.78, 5) is 19.3. The zero-order chi connectivity index (χ0) is 24.1. The molecule has 0 fully saturated rings. The molecule has 6 aromatic rings. The third-order valence-corrected chi connectivity index (χ3v) is 8.14. The van der Waals surface area contributed by atoms with Gasteiger partial charge in [-0.25, -0.2) is 4.79 Å². The first-order valence-electron chi connectivity index (χ1n) is 12.0. The van der Waals surface area contributed by atoms with Gasteiger partial charge in [0.15, 0.2) is 0 Å². The Hall–Kier alpha value is -4.15. The van der Waals surface area contributed by atoms with E-state index in [1.54, 1.807) is 0 Å². The smallest absolute Gasteiger partial charge is 0.345 e. The highest BCUT2D eigenvalue weighted by molar-refractivity contribution is 7.99. The SMILES string of the molecule is O=c1oc2ccccc2cc1C1=Nc2ccccc2SC(c2c3ccccc3cc3ccccc23)C1. The number of thioether (sulfide) groups is 1. The number of nitrogens with zero attached hydrogens (tertiary/aromatic N) is 1. The molecular weight excluding hydrogens is 462 g/mol. The van der Waals surface area contributed by atoms with Crippen LogP contribution in [0.2, 0.25) is 0 Å². The summed E-state index contributed by atoms with van der Waals surface area (Å²) in [5.41, 5.74) is 3.69. The van der Waals surface area contributed by atoms with Crippen LogP contribution in [-0.2, 0) is 0 Å². The summed E-state index contributed by atoms with van der Waals surface area (Å²) in [6.45, 7) is 0. The second-order valence-electron chi connectivity index (χ2n) is 9.05. The van der Waals surface area contributed by atoms with Crippen LogP contribution >= 0.6 is 11.8 Å². The maximum Gasteiger partial charge on any atom is 0.345 e. The molecule has 2 heterocycles. The molecule has 0 radical (unpaired) electrons. The van der Waals surface area contributed by atoms with Crippen LogP contribution in [0.1, 0.15) is 22.8 Å². The van der Waals surface area contributed by atoms with Gasteiger partial charge in [0.25, 0.3) is 0 Å². The van der Waals surface area contributed by atoms with Gasteiger partial charge in [-0.2, -0.15) is 0 Å². The van der Waals surface area contributed by atoms with Crippen molar-refractivity contribution in [1.29, 1.82) is 0 Å². The number of hydrogen-bond acceptors (Lipinski definition) is 4. The van der Waals surface area contributed by atoms with Crippen molar-refractivity contribution in [3.05, 3.63) is 131 Å². The number of aliphatic imine (C=N–C) groups is 1. The molecule has 172 valence electrons. The fourth-order valence-electron chi connectivity index (χ4n) is 5.20. The molecule has 0 amide bonds. The molecule has 0 saturated heterocycles. The number of rotatable bonds is 2. The largest absolute Gasteiger partial charge is 0.422 e. The van der Waals surface area contributed by atoms with Crippen LogP contribution in [0.25, 0.3) is 32.5 Å². The monoisotopic (exact) mass is 483 g/mol. The number of hydrogen-bond donors (Lipinski definition) is 0. The lowest BCUT2D eigenvalue weighted by Gasteiger charge is -2.21. The lowest BCUT2D eigenvalue weighted by molar-refractivity contribution is 0.559. The number of fused-ring (bicyclic) bond motifs is 4. The summed E-state index contributed by atoms with van der Waals surface area (Å²) < 4.78 is 5.71. The Bertz CT molecular complexity index is 1830. The molecule has 0 bridgehead atoms. The van der Waals surface area contributed by atoms with Gasteiger partial charge in [0.05, 0.1) is 17.0 Å². The van der Waals surface area contributed by atoms with Gasteiger partial charge < -0.3 is 4.42 Å². The molecule has 0 N–H and O–H groups in total. The van der Waals surface area contributed by atoms with E-state index in [1.807, 2.05) is 54.2 Å². The summed E-state index contributed by atoms with van der Waals surface area (Å²) in [5.74, 6) is 0. The molecule has 36 heavy (non-hydrogen) atoms. The fourth-order valence-corrected chi connectivity index (χ4v) is 6.51. The minimum Gasteiger partial charge on any atom is -0.422 e. The van der Waals surface area contributed by atoms with Crippen LogP contribution in [0.15, 0.2) is 128 Å². The Morgan fingerprint density at radius 1 is 0.722 bits per heavy atom. The van der Waals surface area contributed by atoms with E-state index < -0.39 is 0 Å².